The molecule has 0 saturated carbocycles. The number of benzene rings is 2. The number of rotatable bonds is 5. The molecule has 8 heteroatoms. The minimum absolute atomic E-state index is 0.147. The lowest BCUT2D eigenvalue weighted by Crippen LogP contribution is -2.13. The third-order valence-corrected chi connectivity index (χ3v) is 4.69. The van der Waals surface area contributed by atoms with Gasteiger partial charge in [-0.25, -0.2) is 0 Å². The number of hydrogen-bond acceptors (Lipinski definition) is 6. The van der Waals surface area contributed by atoms with E-state index < -0.39 is 15.0 Å². The molecule has 128 valence electrons. The van der Waals surface area contributed by atoms with Crippen LogP contribution in [0, 0.1) is 30.9 Å². The Kier molecular flexibility index (Phi) is 4.79. The fourth-order valence-electron chi connectivity index (χ4n) is 2.43. The molecule has 0 aromatic heterocycles. The molecule has 0 radical (unpaired) electrons. The van der Waals surface area contributed by atoms with Crippen LogP contribution in [-0.2, 0) is 10.1 Å². The maximum atomic E-state index is 12.6. The molecule has 0 aliphatic heterocycles. The van der Waals surface area contributed by atoms with Gasteiger partial charge in [-0.3, -0.25) is 10.1 Å². The van der Waals surface area contributed by atoms with Crippen molar-refractivity contribution < 1.29 is 22.3 Å². The largest absolute Gasteiger partial charge is 0.495 e. The number of aryl methyl sites for hydroxylation is 3. The second-order valence-electron chi connectivity index (χ2n) is 5.36. The molecule has 2 aromatic carbocycles. The maximum absolute atomic E-state index is 12.6. The topological polar surface area (TPSA) is 95.7 Å². The monoisotopic (exact) mass is 351 g/mol. The van der Waals surface area contributed by atoms with Crippen molar-refractivity contribution in [1.82, 2.24) is 0 Å². The first-order valence-electron chi connectivity index (χ1n) is 7.00. The zero-order valence-electron chi connectivity index (χ0n) is 13.7. The molecule has 0 N–H and O–H groups in total. The molecule has 7 nitrogen and oxygen atoms in total. The number of nitro benzene ring substituents is 1. The molecule has 0 aliphatic carbocycles. The van der Waals surface area contributed by atoms with Gasteiger partial charge < -0.3 is 8.92 Å². The van der Waals surface area contributed by atoms with Crippen LogP contribution < -0.4 is 8.92 Å². The summed E-state index contributed by atoms with van der Waals surface area (Å²) in [7, 11) is -2.97. The second-order valence-corrected chi connectivity index (χ2v) is 6.87. The quantitative estimate of drug-likeness (QED) is 0.466. The normalized spacial score (nSPS) is 11.2. The predicted molar refractivity (Wildman–Crippen MR) is 88.1 cm³/mol. The van der Waals surface area contributed by atoms with Gasteiger partial charge in [0.05, 0.1) is 18.1 Å². The van der Waals surface area contributed by atoms with Gasteiger partial charge in [0.15, 0.2) is 0 Å². The van der Waals surface area contributed by atoms with Crippen LogP contribution >= 0.6 is 0 Å². The lowest BCUT2D eigenvalue weighted by molar-refractivity contribution is -0.385. The highest BCUT2D eigenvalue weighted by atomic mass is 32.2. The first-order chi connectivity index (χ1) is 11.2. The number of ether oxygens (including phenoxy) is 1. The third-order valence-electron chi connectivity index (χ3n) is 3.43. The van der Waals surface area contributed by atoms with E-state index in [1.165, 1.54) is 7.11 Å². The van der Waals surface area contributed by atoms with Crippen molar-refractivity contribution in [1.29, 1.82) is 0 Å². The average Bonchev–Trinajstić information content (AvgIpc) is 2.50. The Balaban J connectivity index is 2.50. The van der Waals surface area contributed by atoms with Gasteiger partial charge in [0, 0.05) is 6.07 Å². The van der Waals surface area contributed by atoms with Gasteiger partial charge in [-0.05, 0) is 38.0 Å². The van der Waals surface area contributed by atoms with E-state index in [4.69, 9.17) is 8.92 Å². The first-order valence-corrected chi connectivity index (χ1v) is 8.41. The van der Waals surface area contributed by atoms with Crippen LogP contribution in [0.15, 0.2) is 35.2 Å². The van der Waals surface area contributed by atoms with E-state index in [0.29, 0.717) is 11.1 Å². The predicted octanol–water partition coefficient (Wildman–Crippen LogP) is 3.30. The molecule has 0 atom stereocenters. The van der Waals surface area contributed by atoms with Crippen LogP contribution in [0.2, 0.25) is 0 Å². The molecule has 0 fully saturated rings. The minimum Gasteiger partial charge on any atom is -0.495 e. The highest BCUT2D eigenvalue weighted by molar-refractivity contribution is 7.87. The number of nitro groups is 1. The summed E-state index contributed by atoms with van der Waals surface area (Å²) in [6, 6.07) is 6.86. The molecular weight excluding hydrogens is 334 g/mol. The Hall–Kier alpha value is -2.61. The summed E-state index contributed by atoms with van der Waals surface area (Å²) in [5.74, 6) is 0.0904. The summed E-state index contributed by atoms with van der Waals surface area (Å²) in [6.45, 7) is 5.40. The van der Waals surface area contributed by atoms with Crippen molar-refractivity contribution in [3.05, 3.63) is 57.1 Å². The molecule has 0 saturated heterocycles. The van der Waals surface area contributed by atoms with Crippen LogP contribution in [0.3, 0.4) is 0 Å². The van der Waals surface area contributed by atoms with E-state index in [2.05, 4.69) is 0 Å². The molecule has 0 heterocycles. The van der Waals surface area contributed by atoms with Gasteiger partial charge >= 0.3 is 10.1 Å². The van der Waals surface area contributed by atoms with Crippen molar-refractivity contribution in [3.8, 4) is 11.5 Å². The lowest BCUT2D eigenvalue weighted by atomic mass is 10.1. The fraction of sp³-hybridized carbons (Fsp3) is 0.250. The molecule has 2 aromatic rings. The van der Waals surface area contributed by atoms with Crippen LogP contribution in [0.5, 0.6) is 11.5 Å². The first kappa shape index (κ1) is 17.7. The zero-order valence-corrected chi connectivity index (χ0v) is 14.5. The summed E-state index contributed by atoms with van der Waals surface area (Å²) in [5, 5.41) is 10.8. The van der Waals surface area contributed by atoms with E-state index in [0.717, 1.165) is 23.8 Å². The highest BCUT2D eigenvalue weighted by Gasteiger charge is 2.25. The number of methoxy groups -OCH3 is 1. The van der Waals surface area contributed by atoms with E-state index in [1.807, 2.05) is 19.1 Å². The van der Waals surface area contributed by atoms with Crippen molar-refractivity contribution >= 4 is 15.8 Å². The molecule has 0 amide bonds. The molecule has 24 heavy (non-hydrogen) atoms. The number of hydrogen-bond donors (Lipinski definition) is 0. The Morgan fingerprint density at radius 2 is 1.62 bits per heavy atom. The van der Waals surface area contributed by atoms with Crippen molar-refractivity contribution in [3.63, 3.8) is 0 Å². The highest BCUT2D eigenvalue weighted by Crippen LogP contribution is 2.33. The molecule has 0 aliphatic rings. The SMILES string of the molecule is COc1cc([N+](=O)[O-])ccc1S(=O)(=O)Oc1c(C)cc(C)cc1C. The Bertz CT molecular complexity index is 882. The molecule has 0 unspecified atom stereocenters. The van der Waals surface area contributed by atoms with Crippen molar-refractivity contribution in [2.75, 3.05) is 7.11 Å². The van der Waals surface area contributed by atoms with Gasteiger partial charge in [-0.1, -0.05) is 17.7 Å². The van der Waals surface area contributed by atoms with Crippen LogP contribution in [-0.4, -0.2) is 20.5 Å². The molecular formula is C16H17NO6S. The number of non-ortho nitro benzene ring substituents is 1. The van der Waals surface area contributed by atoms with Gasteiger partial charge in [0.2, 0.25) is 0 Å². The summed E-state index contributed by atoms with van der Waals surface area (Å²) < 4.78 is 35.4. The van der Waals surface area contributed by atoms with E-state index in [1.54, 1.807) is 13.8 Å². The van der Waals surface area contributed by atoms with Crippen LogP contribution in [0.4, 0.5) is 5.69 Å². The van der Waals surface area contributed by atoms with Gasteiger partial charge in [-0.2, -0.15) is 8.42 Å². The minimum atomic E-state index is -4.20. The lowest BCUT2D eigenvalue weighted by Gasteiger charge is -2.14. The fourth-order valence-corrected chi connectivity index (χ4v) is 3.62. The van der Waals surface area contributed by atoms with Crippen LogP contribution in [0.1, 0.15) is 16.7 Å². The average molecular weight is 351 g/mol. The Morgan fingerprint density at radius 3 is 2.12 bits per heavy atom. The van der Waals surface area contributed by atoms with Crippen molar-refractivity contribution in [2.24, 2.45) is 0 Å². The summed E-state index contributed by atoms with van der Waals surface area (Å²) in [4.78, 5) is 9.91. The molecule has 2 rings (SSSR count). The second kappa shape index (κ2) is 6.48. The third kappa shape index (κ3) is 3.48. The van der Waals surface area contributed by atoms with Gasteiger partial charge in [-0.15, -0.1) is 0 Å². The van der Waals surface area contributed by atoms with E-state index in [9.17, 15) is 18.5 Å². The van der Waals surface area contributed by atoms with Gasteiger partial charge in [0.1, 0.15) is 16.4 Å². The maximum Gasteiger partial charge on any atom is 0.342 e. The van der Waals surface area contributed by atoms with Gasteiger partial charge in [0.25, 0.3) is 5.69 Å². The number of nitrogens with zero attached hydrogens (tertiary/aromatic N) is 1. The smallest absolute Gasteiger partial charge is 0.342 e. The van der Waals surface area contributed by atoms with Crippen LogP contribution in [0.25, 0.3) is 0 Å². The standard InChI is InChI=1S/C16H17NO6S/c1-10-7-11(2)16(12(3)8-10)23-24(20,21)15-6-5-13(17(18)19)9-14(15)22-4/h5-9H,1-4H3. The summed E-state index contributed by atoms with van der Waals surface area (Å²) in [5.41, 5.74) is 2.07. The summed E-state index contributed by atoms with van der Waals surface area (Å²) in [6.07, 6.45) is 0. The van der Waals surface area contributed by atoms with E-state index >= 15 is 0 Å². The Labute approximate surface area is 140 Å². The van der Waals surface area contributed by atoms with E-state index in [-0.39, 0.29) is 22.1 Å². The van der Waals surface area contributed by atoms with Crippen molar-refractivity contribution in [2.45, 2.75) is 25.7 Å². The zero-order chi connectivity index (χ0) is 18.1. The summed E-state index contributed by atoms with van der Waals surface area (Å²) >= 11 is 0. The molecule has 0 spiro atoms. The molecule has 0 bridgehead atoms. The Morgan fingerprint density at radius 1 is 1.04 bits per heavy atom.